The molecule has 1 saturated carbocycles. The minimum atomic E-state index is -0.971. The zero-order valence-corrected chi connectivity index (χ0v) is 10.2. The van der Waals surface area contributed by atoms with E-state index in [2.05, 4.69) is 0 Å². The van der Waals surface area contributed by atoms with E-state index in [0.717, 1.165) is 19.3 Å². The first kappa shape index (κ1) is 11.0. The molecule has 3 atom stereocenters. The summed E-state index contributed by atoms with van der Waals surface area (Å²) in [6, 6.07) is 0. The molecule has 0 aromatic carbocycles. The lowest BCUT2D eigenvalue weighted by Gasteiger charge is -2.39. The molecule has 2 saturated heterocycles. The van der Waals surface area contributed by atoms with Crippen LogP contribution < -0.4 is 0 Å². The Kier molecular flexibility index (Phi) is 2.19. The van der Waals surface area contributed by atoms with Gasteiger partial charge in [0.15, 0.2) is 11.4 Å². The van der Waals surface area contributed by atoms with Gasteiger partial charge in [-0.3, -0.25) is 4.74 Å². The van der Waals surface area contributed by atoms with Gasteiger partial charge in [-0.2, -0.15) is 0 Å². The molecule has 0 aromatic heterocycles. The van der Waals surface area contributed by atoms with Gasteiger partial charge in [0.2, 0.25) is 0 Å². The van der Waals surface area contributed by atoms with Gasteiger partial charge in [0.1, 0.15) is 0 Å². The van der Waals surface area contributed by atoms with Crippen LogP contribution >= 0.6 is 0 Å². The molecule has 0 unspecified atom stereocenters. The molecule has 0 amide bonds. The molecule has 92 valence electrons. The Bertz CT molecular complexity index is 303. The molecular weight excluding hydrogens is 208 g/mol. The lowest BCUT2D eigenvalue weighted by molar-refractivity contribution is -0.369. The van der Waals surface area contributed by atoms with E-state index in [1.165, 1.54) is 6.42 Å². The minimum Gasteiger partial charge on any atom is -0.335 e. The van der Waals surface area contributed by atoms with E-state index in [9.17, 15) is 0 Å². The Labute approximate surface area is 96.2 Å². The largest absolute Gasteiger partial charge is 0.335 e. The van der Waals surface area contributed by atoms with Gasteiger partial charge in [0, 0.05) is 13.0 Å². The highest BCUT2D eigenvalue weighted by Gasteiger charge is 2.73. The van der Waals surface area contributed by atoms with Crippen LogP contribution in [0.5, 0.6) is 0 Å². The van der Waals surface area contributed by atoms with Crippen molar-refractivity contribution in [1.82, 2.24) is 0 Å². The molecule has 2 heterocycles. The third-order valence-corrected chi connectivity index (χ3v) is 4.08. The summed E-state index contributed by atoms with van der Waals surface area (Å²) in [5.41, 5.74) is -0.385. The molecule has 3 aliphatic rings. The summed E-state index contributed by atoms with van der Waals surface area (Å²) in [7, 11) is 1.64. The zero-order valence-electron chi connectivity index (χ0n) is 10.2. The topological polar surface area (TPSA) is 36.9 Å². The Morgan fingerprint density at radius 3 is 2.75 bits per heavy atom. The molecule has 16 heavy (non-hydrogen) atoms. The van der Waals surface area contributed by atoms with Crippen LogP contribution in [0.2, 0.25) is 0 Å². The predicted octanol–water partition coefficient (Wildman–Crippen LogP) is 2.03. The van der Waals surface area contributed by atoms with Crippen LogP contribution in [-0.2, 0) is 18.9 Å². The van der Waals surface area contributed by atoms with Gasteiger partial charge in [0.25, 0.3) is 0 Å². The summed E-state index contributed by atoms with van der Waals surface area (Å²) in [6.45, 7) is 4.54. The maximum atomic E-state index is 6.19. The van der Waals surface area contributed by atoms with Crippen molar-refractivity contribution in [3.63, 3.8) is 0 Å². The van der Waals surface area contributed by atoms with E-state index in [1.807, 2.05) is 13.8 Å². The van der Waals surface area contributed by atoms with Crippen LogP contribution in [0.4, 0.5) is 0 Å². The Hall–Kier alpha value is -0.160. The molecule has 4 heteroatoms. The van der Waals surface area contributed by atoms with Crippen molar-refractivity contribution in [3.8, 4) is 0 Å². The second-order valence-corrected chi connectivity index (χ2v) is 5.51. The summed E-state index contributed by atoms with van der Waals surface area (Å²) in [4.78, 5) is 0. The molecule has 0 bridgehead atoms. The van der Waals surface area contributed by atoms with Gasteiger partial charge in [-0.15, -0.1) is 0 Å². The third-order valence-electron chi connectivity index (χ3n) is 4.08. The summed E-state index contributed by atoms with van der Waals surface area (Å²) in [5.74, 6) is -1.18. The van der Waals surface area contributed by atoms with E-state index in [4.69, 9.17) is 18.9 Å². The van der Waals surface area contributed by atoms with Crippen LogP contribution in [0.25, 0.3) is 0 Å². The van der Waals surface area contributed by atoms with Crippen molar-refractivity contribution in [2.24, 2.45) is 5.92 Å². The van der Waals surface area contributed by atoms with Gasteiger partial charge >= 0.3 is 5.97 Å². The smallest absolute Gasteiger partial charge is 0.316 e. The summed E-state index contributed by atoms with van der Waals surface area (Å²) in [5, 5.41) is 0. The van der Waals surface area contributed by atoms with Gasteiger partial charge in [0.05, 0.1) is 6.61 Å². The molecule has 1 spiro atoms. The lowest BCUT2D eigenvalue weighted by Crippen LogP contribution is -2.54. The predicted molar refractivity (Wildman–Crippen MR) is 56.6 cm³/mol. The Morgan fingerprint density at radius 2 is 2.00 bits per heavy atom. The standard InChI is InChI=1S/C12H20O4/c1-10(2)15-11-7-5-4-6-9(11)8-14-12(11,13-3)16-10/h9H,4-8H2,1-3H3/t9-,11+,12+/m1/s1. The van der Waals surface area contributed by atoms with Crippen LogP contribution in [0.15, 0.2) is 0 Å². The SMILES string of the molecule is CO[C@]12OC[C@H]3CCCC[C@]31OC(C)(C)O2. The van der Waals surface area contributed by atoms with Crippen LogP contribution in [0.1, 0.15) is 39.5 Å². The van der Waals surface area contributed by atoms with E-state index in [1.54, 1.807) is 7.11 Å². The molecule has 0 N–H and O–H groups in total. The molecule has 0 aromatic rings. The van der Waals surface area contributed by atoms with E-state index in [0.29, 0.717) is 12.5 Å². The first-order valence-electron chi connectivity index (χ1n) is 6.13. The fraction of sp³-hybridized carbons (Fsp3) is 1.00. The van der Waals surface area contributed by atoms with E-state index < -0.39 is 11.8 Å². The highest BCUT2D eigenvalue weighted by Crippen LogP contribution is 2.58. The van der Waals surface area contributed by atoms with Crippen molar-refractivity contribution in [1.29, 1.82) is 0 Å². The van der Waals surface area contributed by atoms with Gasteiger partial charge in [-0.05, 0) is 26.7 Å². The first-order valence-corrected chi connectivity index (χ1v) is 6.13. The van der Waals surface area contributed by atoms with Crippen molar-refractivity contribution in [2.45, 2.75) is 56.9 Å². The molecule has 2 aliphatic heterocycles. The van der Waals surface area contributed by atoms with Crippen LogP contribution in [0, 0.1) is 5.92 Å². The van der Waals surface area contributed by atoms with Crippen molar-refractivity contribution in [2.75, 3.05) is 13.7 Å². The fourth-order valence-corrected chi connectivity index (χ4v) is 3.54. The molecule has 3 rings (SSSR count). The highest BCUT2D eigenvalue weighted by atomic mass is 17.0. The molecule has 0 radical (unpaired) electrons. The highest BCUT2D eigenvalue weighted by molar-refractivity contribution is 5.07. The summed E-state index contributed by atoms with van der Waals surface area (Å²) >= 11 is 0. The van der Waals surface area contributed by atoms with Crippen LogP contribution in [0.3, 0.4) is 0 Å². The maximum Gasteiger partial charge on any atom is 0.316 e. The molecular formula is C12H20O4. The Balaban J connectivity index is 2.02. The molecule has 3 fully saturated rings. The number of hydrogen-bond donors (Lipinski definition) is 0. The quantitative estimate of drug-likeness (QED) is 0.688. The fourth-order valence-electron chi connectivity index (χ4n) is 3.54. The monoisotopic (exact) mass is 228 g/mol. The normalized spacial score (nSPS) is 50.1. The lowest BCUT2D eigenvalue weighted by atomic mass is 9.76. The van der Waals surface area contributed by atoms with Crippen molar-refractivity contribution < 1.29 is 18.9 Å². The summed E-state index contributed by atoms with van der Waals surface area (Å²) < 4.78 is 23.5. The van der Waals surface area contributed by atoms with Gasteiger partial charge in [-0.25, -0.2) is 0 Å². The van der Waals surface area contributed by atoms with Crippen molar-refractivity contribution in [3.05, 3.63) is 0 Å². The molecule has 1 aliphatic carbocycles. The number of rotatable bonds is 1. The first-order chi connectivity index (χ1) is 7.54. The number of methoxy groups -OCH3 is 1. The molecule has 4 nitrogen and oxygen atoms in total. The number of hydrogen-bond acceptors (Lipinski definition) is 4. The second kappa shape index (κ2) is 3.19. The van der Waals surface area contributed by atoms with E-state index >= 15 is 0 Å². The minimum absolute atomic E-state index is 0.385. The average Bonchev–Trinajstić information content (AvgIpc) is 2.63. The number of ether oxygens (including phenoxy) is 4. The van der Waals surface area contributed by atoms with Crippen LogP contribution in [-0.4, -0.2) is 31.1 Å². The summed E-state index contributed by atoms with van der Waals surface area (Å²) in [6.07, 6.45) is 4.52. The van der Waals surface area contributed by atoms with Crippen molar-refractivity contribution >= 4 is 0 Å². The second-order valence-electron chi connectivity index (χ2n) is 5.51. The van der Waals surface area contributed by atoms with E-state index in [-0.39, 0.29) is 5.60 Å². The average molecular weight is 228 g/mol. The van der Waals surface area contributed by atoms with Gasteiger partial charge < -0.3 is 14.2 Å². The maximum absolute atomic E-state index is 6.19. The Morgan fingerprint density at radius 1 is 1.19 bits per heavy atom. The van der Waals surface area contributed by atoms with Gasteiger partial charge in [-0.1, -0.05) is 12.8 Å². The third kappa shape index (κ3) is 1.19. The zero-order chi connectivity index (χ0) is 11.4.